The Hall–Kier alpha value is -2.09. The number of nitrogens with two attached hydrogens (primary N) is 1. The van der Waals surface area contributed by atoms with E-state index in [4.69, 9.17) is 10.5 Å². The molecule has 0 amide bonds. The van der Waals surface area contributed by atoms with Gasteiger partial charge in [0.1, 0.15) is 0 Å². The lowest BCUT2D eigenvalue weighted by Crippen LogP contribution is -2.40. The number of piperidine rings is 1. The Labute approximate surface area is 152 Å². The number of aryl methyl sites for hydroxylation is 1. The molecule has 1 spiro atoms. The van der Waals surface area contributed by atoms with Crippen LogP contribution < -0.4 is 5.73 Å². The van der Waals surface area contributed by atoms with Crippen LogP contribution in [0.5, 0.6) is 0 Å². The van der Waals surface area contributed by atoms with Crippen LogP contribution in [0.3, 0.4) is 0 Å². The zero-order valence-electron chi connectivity index (χ0n) is 16.0. The molecule has 2 aliphatic heterocycles. The van der Waals surface area contributed by atoms with Gasteiger partial charge in [-0.25, -0.2) is 0 Å². The Balaban J connectivity index is 0.000000297. The molecule has 0 saturated carbocycles. The van der Waals surface area contributed by atoms with Gasteiger partial charge in [-0.05, 0) is 50.9 Å². The fourth-order valence-electron chi connectivity index (χ4n) is 3.12. The summed E-state index contributed by atoms with van der Waals surface area (Å²) in [7, 11) is 3.90. The highest BCUT2D eigenvalue weighted by atomic mass is 16.5. The molecule has 0 unspecified atom stereocenters. The Bertz CT molecular complexity index is 619. The van der Waals surface area contributed by atoms with Crippen LogP contribution in [-0.2, 0) is 16.9 Å². The molecular weight excluding hydrogens is 310 g/mol. The quantitative estimate of drug-likeness (QED) is 0.630. The molecule has 4 nitrogen and oxygen atoms in total. The second kappa shape index (κ2) is 10.0. The number of hydrogen-bond acceptors (Lipinski definition) is 4. The van der Waals surface area contributed by atoms with Gasteiger partial charge in [-0.3, -0.25) is 4.99 Å². The van der Waals surface area contributed by atoms with E-state index in [2.05, 4.69) is 54.9 Å². The van der Waals surface area contributed by atoms with Crippen LogP contribution in [0.1, 0.15) is 36.5 Å². The van der Waals surface area contributed by atoms with Crippen molar-refractivity contribution in [3.05, 3.63) is 46.7 Å². The molecule has 2 N–H and O–H groups in total. The summed E-state index contributed by atoms with van der Waals surface area (Å²) < 4.78 is 6.13. The van der Waals surface area contributed by atoms with Gasteiger partial charge in [-0.15, -0.1) is 12.8 Å². The van der Waals surface area contributed by atoms with Crippen LogP contribution in [0.15, 0.2) is 35.0 Å². The molecule has 0 bridgehead atoms. The third kappa shape index (κ3) is 5.74. The van der Waals surface area contributed by atoms with Crippen molar-refractivity contribution in [2.45, 2.75) is 38.9 Å². The number of hydrogen-bond donors (Lipinski definition) is 1. The molecule has 1 aromatic carbocycles. The van der Waals surface area contributed by atoms with Gasteiger partial charge in [-0.2, -0.15) is 0 Å². The van der Waals surface area contributed by atoms with E-state index < -0.39 is 0 Å². The van der Waals surface area contributed by atoms with Crippen LogP contribution in [0.2, 0.25) is 0 Å². The maximum Gasteiger partial charge on any atom is 0.0963 e. The van der Waals surface area contributed by atoms with Crippen molar-refractivity contribution in [3.8, 4) is 12.8 Å². The smallest absolute Gasteiger partial charge is 0.0963 e. The van der Waals surface area contributed by atoms with Gasteiger partial charge >= 0.3 is 0 Å². The van der Waals surface area contributed by atoms with E-state index in [0.717, 1.165) is 38.2 Å². The lowest BCUT2D eigenvalue weighted by atomic mass is 9.83. The van der Waals surface area contributed by atoms with Crippen molar-refractivity contribution in [2.24, 2.45) is 10.7 Å². The standard InChI is InChI=1S/C14H19NO.C5H10N2.C2H2/c1-11-3-4-12-10-16-14(13(12)9-11)5-7-15(2)8-6-14;1-5(6)3-4-7-2;1-2/h3-4,9H,5-8,10H2,1-2H3;3-4H,6H2,1-2H3;1-2H/b;5-3+,7-4?;. The number of fused-ring (bicyclic) bond motifs is 2. The number of benzene rings is 1. The van der Waals surface area contributed by atoms with Gasteiger partial charge in [0.25, 0.3) is 0 Å². The highest BCUT2D eigenvalue weighted by Gasteiger charge is 2.41. The first-order valence-electron chi connectivity index (χ1n) is 8.57. The van der Waals surface area contributed by atoms with E-state index in [0.29, 0.717) is 0 Å². The fraction of sp³-hybridized carbons (Fsp3) is 0.476. The van der Waals surface area contributed by atoms with Crippen molar-refractivity contribution in [1.29, 1.82) is 0 Å². The number of aliphatic imine (C=N–C) groups is 1. The molecule has 2 heterocycles. The second-order valence-electron chi connectivity index (χ2n) is 6.56. The molecule has 0 aliphatic carbocycles. The third-order valence-electron chi connectivity index (χ3n) is 4.54. The molecule has 25 heavy (non-hydrogen) atoms. The lowest BCUT2D eigenvalue weighted by molar-refractivity contribution is -0.0755. The van der Waals surface area contributed by atoms with Crippen LogP contribution in [0.4, 0.5) is 0 Å². The molecule has 0 atom stereocenters. The number of nitrogens with zero attached hydrogens (tertiary/aromatic N) is 2. The fourth-order valence-corrected chi connectivity index (χ4v) is 3.12. The molecule has 4 heteroatoms. The number of likely N-dealkylation sites (tertiary alicyclic amines) is 1. The van der Waals surface area contributed by atoms with E-state index >= 15 is 0 Å². The number of terminal acetylenes is 1. The molecule has 1 fully saturated rings. The molecule has 1 saturated heterocycles. The van der Waals surface area contributed by atoms with Crippen molar-refractivity contribution in [1.82, 2.24) is 4.90 Å². The van der Waals surface area contributed by atoms with E-state index in [9.17, 15) is 0 Å². The summed E-state index contributed by atoms with van der Waals surface area (Å²) in [6, 6.07) is 6.75. The molecule has 136 valence electrons. The van der Waals surface area contributed by atoms with Crippen molar-refractivity contribution < 1.29 is 4.74 Å². The Morgan fingerprint density at radius 2 is 1.96 bits per heavy atom. The third-order valence-corrected chi connectivity index (χ3v) is 4.54. The van der Waals surface area contributed by atoms with Gasteiger partial charge in [0, 0.05) is 32.0 Å². The monoisotopic (exact) mass is 341 g/mol. The summed E-state index contributed by atoms with van der Waals surface area (Å²) in [5, 5.41) is 0. The number of allylic oxidation sites excluding steroid dienone is 2. The first-order chi connectivity index (χ1) is 12.0. The molecular formula is C21H31N3O. The summed E-state index contributed by atoms with van der Waals surface area (Å²) in [6.45, 7) is 7.09. The average Bonchev–Trinajstić information content (AvgIpc) is 2.96. The Kier molecular flexibility index (Phi) is 8.40. The van der Waals surface area contributed by atoms with Gasteiger partial charge in [0.05, 0.1) is 12.2 Å². The minimum Gasteiger partial charge on any atom is -0.402 e. The number of ether oxygens (including phenoxy) is 1. The van der Waals surface area contributed by atoms with Gasteiger partial charge < -0.3 is 15.4 Å². The Morgan fingerprint density at radius 1 is 1.32 bits per heavy atom. The minimum atomic E-state index is 0.0356. The molecule has 2 aliphatic rings. The summed E-state index contributed by atoms with van der Waals surface area (Å²) in [5.74, 6) is 0. The first-order valence-corrected chi connectivity index (χ1v) is 8.57. The predicted octanol–water partition coefficient (Wildman–Crippen LogP) is 3.25. The van der Waals surface area contributed by atoms with Crippen LogP contribution in [0.25, 0.3) is 0 Å². The van der Waals surface area contributed by atoms with E-state index in [1.165, 1.54) is 16.7 Å². The van der Waals surface area contributed by atoms with Crippen LogP contribution in [0, 0.1) is 19.8 Å². The van der Waals surface area contributed by atoms with Crippen LogP contribution in [-0.4, -0.2) is 38.3 Å². The summed E-state index contributed by atoms with van der Waals surface area (Å²) in [4.78, 5) is 6.09. The average molecular weight is 341 g/mol. The zero-order chi connectivity index (χ0) is 18.9. The largest absolute Gasteiger partial charge is 0.402 e. The van der Waals surface area contributed by atoms with Gasteiger partial charge in [0.15, 0.2) is 0 Å². The molecule has 0 radical (unpaired) electrons. The normalized spacial score (nSPS) is 18.9. The van der Waals surface area contributed by atoms with Crippen molar-refractivity contribution >= 4 is 6.21 Å². The zero-order valence-corrected chi connectivity index (χ0v) is 16.0. The highest BCUT2D eigenvalue weighted by molar-refractivity contribution is 5.71. The maximum atomic E-state index is 6.13. The van der Waals surface area contributed by atoms with Gasteiger partial charge in [-0.1, -0.05) is 23.8 Å². The second-order valence-corrected chi connectivity index (χ2v) is 6.56. The maximum absolute atomic E-state index is 6.13. The topological polar surface area (TPSA) is 50.8 Å². The van der Waals surface area contributed by atoms with Crippen LogP contribution >= 0.6 is 0 Å². The van der Waals surface area contributed by atoms with Gasteiger partial charge in [0.2, 0.25) is 0 Å². The minimum absolute atomic E-state index is 0.0356. The SMILES string of the molecule is C#C.CN=C/C=C(\C)N.Cc1ccc2c(c1)C1(CCN(C)CC1)OC2. The molecule has 3 rings (SSSR count). The lowest BCUT2D eigenvalue weighted by Gasteiger charge is -2.37. The molecule has 0 aromatic heterocycles. The van der Waals surface area contributed by atoms with E-state index in [-0.39, 0.29) is 5.60 Å². The summed E-state index contributed by atoms with van der Waals surface area (Å²) >= 11 is 0. The molecule has 1 aromatic rings. The summed E-state index contributed by atoms with van der Waals surface area (Å²) in [6.07, 6.45) is 13.7. The van der Waals surface area contributed by atoms with Crippen molar-refractivity contribution in [3.63, 3.8) is 0 Å². The highest BCUT2D eigenvalue weighted by Crippen LogP contribution is 2.44. The number of rotatable bonds is 1. The first kappa shape index (κ1) is 21.0. The predicted molar refractivity (Wildman–Crippen MR) is 107 cm³/mol. The van der Waals surface area contributed by atoms with Crippen molar-refractivity contribution in [2.75, 3.05) is 27.2 Å². The van der Waals surface area contributed by atoms with E-state index in [1.807, 2.05) is 6.92 Å². The van der Waals surface area contributed by atoms with E-state index in [1.54, 1.807) is 19.3 Å². The Morgan fingerprint density at radius 3 is 2.48 bits per heavy atom. The summed E-state index contributed by atoms with van der Waals surface area (Å²) in [5.41, 5.74) is 10.3.